The molecule has 0 amide bonds. The van der Waals surface area contributed by atoms with Gasteiger partial charge in [-0.2, -0.15) is 22.0 Å². The summed E-state index contributed by atoms with van der Waals surface area (Å²) in [6.45, 7) is 0. The van der Waals surface area contributed by atoms with Crippen molar-refractivity contribution in [3.05, 3.63) is 0 Å². The first-order chi connectivity index (χ1) is 5.88. The van der Waals surface area contributed by atoms with Crippen LogP contribution in [-0.4, -0.2) is 26.0 Å². The first kappa shape index (κ1) is 13.8. The molecule has 0 saturated carbocycles. The molecule has 0 aromatic carbocycles. The lowest BCUT2D eigenvalue weighted by atomic mass is 10.3. The maximum atomic E-state index is 12.3. The molecule has 0 saturated heterocycles. The average molecular weight is 265 g/mol. The predicted molar refractivity (Wildman–Crippen MR) is 35.3 cm³/mol. The third-order valence-corrected chi connectivity index (χ3v) is 2.62. The molecule has 2 nitrogen and oxygen atoms in total. The Morgan fingerprint density at radius 3 is 1.71 bits per heavy atom. The van der Waals surface area contributed by atoms with Gasteiger partial charge in [-0.25, -0.2) is 12.8 Å². The van der Waals surface area contributed by atoms with Gasteiger partial charge in [0.15, 0.2) is 6.17 Å². The summed E-state index contributed by atoms with van der Waals surface area (Å²) >= 11 is 0. The Kier molecular flexibility index (Phi) is 3.71. The van der Waals surface area contributed by atoms with Crippen molar-refractivity contribution in [2.24, 2.45) is 0 Å². The molecule has 10 heteroatoms. The molecule has 86 valence electrons. The van der Waals surface area contributed by atoms with Gasteiger partial charge in [-0.15, -0.1) is 0 Å². The van der Waals surface area contributed by atoms with Crippen molar-refractivity contribution in [2.45, 2.75) is 24.0 Å². The topological polar surface area (TPSA) is 34.1 Å². The number of rotatable bonds is 3. The van der Waals surface area contributed by atoms with Crippen LogP contribution in [0.5, 0.6) is 0 Å². The lowest BCUT2D eigenvalue weighted by Gasteiger charge is -2.18. The molecular formula is C4H3ClF6O2S. The van der Waals surface area contributed by atoms with Crippen molar-refractivity contribution in [1.29, 1.82) is 0 Å². The van der Waals surface area contributed by atoms with Gasteiger partial charge >= 0.3 is 20.5 Å². The molecule has 0 spiro atoms. The highest BCUT2D eigenvalue weighted by atomic mass is 35.7. The van der Waals surface area contributed by atoms with Crippen LogP contribution < -0.4 is 0 Å². The first-order valence-electron chi connectivity index (χ1n) is 2.91. The SMILES string of the molecule is O=S(=O)(Cl)C(F)(F)C(F)CC(F)(F)F. The normalized spacial score (nSPS) is 16.8. The van der Waals surface area contributed by atoms with Crippen LogP contribution in [0.25, 0.3) is 0 Å². The van der Waals surface area contributed by atoms with E-state index >= 15 is 0 Å². The van der Waals surface area contributed by atoms with Gasteiger partial charge in [0, 0.05) is 10.7 Å². The molecule has 0 radical (unpaired) electrons. The minimum absolute atomic E-state index is 2.58. The summed E-state index contributed by atoms with van der Waals surface area (Å²) in [6, 6.07) is 0. The second-order valence-corrected chi connectivity index (χ2v) is 4.93. The minimum Gasteiger partial charge on any atom is -0.239 e. The molecule has 0 rings (SSSR count). The Bertz CT molecular complexity index is 295. The van der Waals surface area contributed by atoms with Gasteiger partial charge in [0.2, 0.25) is 0 Å². The molecule has 1 unspecified atom stereocenters. The fraction of sp³-hybridized carbons (Fsp3) is 1.00. The van der Waals surface area contributed by atoms with Crippen molar-refractivity contribution in [2.75, 3.05) is 0 Å². The van der Waals surface area contributed by atoms with Gasteiger partial charge < -0.3 is 0 Å². The smallest absolute Gasteiger partial charge is 0.239 e. The van der Waals surface area contributed by atoms with Crippen molar-refractivity contribution in [3.8, 4) is 0 Å². The van der Waals surface area contributed by atoms with Crippen LogP contribution >= 0.6 is 10.7 Å². The molecule has 0 aromatic rings. The zero-order chi connectivity index (χ0) is 11.8. The number of alkyl halides is 6. The standard InChI is InChI=1S/C4H3ClF6O2S/c5-14(12,13)4(10,11)2(6)1-3(7,8)9/h2H,1H2. The molecule has 0 aliphatic carbocycles. The monoisotopic (exact) mass is 264 g/mol. The van der Waals surface area contributed by atoms with Crippen molar-refractivity contribution in [1.82, 2.24) is 0 Å². The van der Waals surface area contributed by atoms with Crippen LogP contribution in [0.3, 0.4) is 0 Å². The van der Waals surface area contributed by atoms with E-state index in [2.05, 4.69) is 10.7 Å². The second kappa shape index (κ2) is 3.76. The second-order valence-electron chi connectivity index (χ2n) is 2.29. The molecule has 14 heavy (non-hydrogen) atoms. The molecule has 0 aromatic heterocycles. The van der Waals surface area contributed by atoms with E-state index in [0.29, 0.717) is 0 Å². The summed E-state index contributed by atoms with van der Waals surface area (Å²) in [7, 11) is -1.65. The van der Waals surface area contributed by atoms with E-state index in [0.717, 1.165) is 0 Å². The largest absolute Gasteiger partial charge is 0.392 e. The van der Waals surface area contributed by atoms with Crippen molar-refractivity contribution in [3.63, 3.8) is 0 Å². The van der Waals surface area contributed by atoms with Gasteiger partial charge in [-0.1, -0.05) is 0 Å². The Hall–Kier alpha value is -0.180. The Morgan fingerprint density at radius 2 is 1.50 bits per heavy atom. The third kappa shape index (κ3) is 3.52. The van der Waals surface area contributed by atoms with Crippen LogP contribution in [0.4, 0.5) is 26.3 Å². The average Bonchev–Trinajstić information content (AvgIpc) is 1.80. The molecule has 0 bridgehead atoms. The highest BCUT2D eigenvalue weighted by Gasteiger charge is 2.55. The third-order valence-electron chi connectivity index (χ3n) is 1.10. The van der Waals surface area contributed by atoms with E-state index in [9.17, 15) is 34.8 Å². The quantitative estimate of drug-likeness (QED) is 0.579. The summed E-state index contributed by atoms with van der Waals surface area (Å²) in [5.41, 5.74) is 0. The van der Waals surface area contributed by atoms with Gasteiger partial charge in [0.25, 0.3) is 0 Å². The highest BCUT2D eigenvalue weighted by molar-refractivity contribution is 8.14. The summed E-state index contributed by atoms with van der Waals surface area (Å²) in [6.07, 6.45) is -11.7. The first-order valence-corrected chi connectivity index (χ1v) is 5.21. The Labute approximate surface area is 79.3 Å². The number of hydrogen-bond donors (Lipinski definition) is 0. The number of hydrogen-bond acceptors (Lipinski definition) is 2. The van der Waals surface area contributed by atoms with Gasteiger partial charge in [-0.05, 0) is 0 Å². The van der Waals surface area contributed by atoms with Gasteiger partial charge in [0.1, 0.15) is 0 Å². The van der Waals surface area contributed by atoms with Crippen LogP contribution in [0, 0.1) is 0 Å². The number of halogens is 7. The molecular weight excluding hydrogens is 262 g/mol. The fourth-order valence-corrected chi connectivity index (χ4v) is 1.15. The fourth-order valence-electron chi connectivity index (χ4n) is 0.475. The van der Waals surface area contributed by atoms with E-state index in [1.807, 2.05) is 0 Å². The summed E-state index contributed by atoms with van der Waals surface area (Å²) in [5.74, 6) is 0. The van der Waals surface area contributed by atoms with Gasteiger partial charge in [0.05, 0.1) is 6.42 Å². The van der Waals surface area contributed by atoms with Crippen molar-refractivity contribution < 1.29 is 34.8 Å². The lowest BCUT2D eigenvalue weighted by Crippen LogP contribution is -2.38. The lowest BCUT2D eigenvalue weighted by molar-refractivity contribution is -0.162. The molecule has 0 heterocycles. The Morgan fingerprint density at radius 1 is 1.14 bits per heavy atom. The Balaban J connectivity index is 4.79. The summed E-state index contributed by atoms with van der Waals surface area (Å²) in [4.78, 5) is 0. The van der Waals surface area contributed by atoms with Crippen molar-refractivity contribution >= 4 is 19.7 Å². The zero-order valence-corrected chi connectivity index (χ0v) is 7.73. The summed E-state index contributed by atoms with van der Waals surface area (Å²) < 4.78 is 91.0. The van der Waals surface area contributed by atoms with Gasteiger partial charge in [-0.3, -0.25) is 0 Å². The maximum Gasteiger partial charge on any atom is 0.392 e. The van der Waals surface area contributed by atoms with E-state index in [1.54, 1.807) is 0 Å². The van der Waals surface area contributed by atoms with E-state index in [1.165, 1.54) is 0 Å². The molecule has 0 fully saturated rings. The van der Waals surface area contributed by atoms with Crippen LogP contribution in [0.15, 0.2) is 0 Å². The van der Waals surface area contributed by atoms with E-state index < -0.39 is 33.1 Å². The van der Waals surface area contributed by atoms with Crippen LogP contribution in [0.1, 0.15) is 6.42 Å². The van der Waals surface area contributed by atoms with Crippen LogP contribution in [-0.2, 0) is 9.05 Å². The molecule has 0 aliphatic rings. The summed E-state index contributed by atoms with van der Waals surface area (Å²) in [5, 5.41) is -5.25. The highest BCUT2D eigenvalue weighted by Crippen LogP contribution is 2.37. The molecule has 0 N–H and O–H groups in total. The van der Waals surface area contributed by atoms with E-state index in [-0.39, 0.29) is 0 Å². The van der Waals surface area contributed by atoms with Crippen LogP contribution in [0.2, 0.25) is 0 Å². The molecule has 0 aliphatic heterocycles. The predicted octanol–water partition coefficient (Wildman–Crippen LogP) is 2.44. The molecule has 1 atom stereocenters. The van der Waals surface area contributed by atoms with E-state index in [4.69, 9.17) is 0 Å². The minimum atomic E-state index is -5.71. The zero-order valence-electron chi connectivity index (χ0n) is 6.15. The maximum absolute atomic E-state index is 12.3.